The van der Waals surface area contributed by atoms with E-state index < -0.39 is 33.8 Å². The van der Waals surface area contributed by atoms with Crippen molar-refractivity contribution in [1.82, 2.24) is 9.21 Å². The number of piperidine rings is 1. The molecule has 3 fully saturated rings. The fraction of sp³-hybridized carbons (Fsp3) is 0.684. The zero-order valence-corrected chi connectivity index (χ0v) is 16.7. The molecule has 0 spiro atoms. The number of sulfonamides is 1. The Bertz CT molecular complexity index is 838. The summed E-state index contributed by atoms with van der Waals surface area (Å²) in [5.74, 6) is -0.294. The first kappa shape index (κ1) is 20.2. The molecule has 0 radical (unpaired) electrons. The zero-order chi connectivity index (χ0) is 20.1. The van der Waals surface area contributed by atoms with Gasteiger partial charge in [-0.15, -0.1) is 0 Å². The van der Waals surface area contributed by atoms with E-state index in [1.807, 2.05) is 0 Å². The maximum absolute atomic E-state index is 14.1. The molecule has 0 aromatic heterocycles. The lowest BCUT2D eigenvalue weighted by atomic mass is 9.86. The number of fused-ring (bicyclic) bond motifs is 1. The van der Waals surface area contributed by atoms with Crippen molar-refractivity contribution in [2.45, 2.75) is 31.0 Å². The first-order valence-electron chi connectivity index (χ1n) is 9.73. The fourth-order valence-electron chi connectivity index (χ4n) is 4.91. The molecule has 156 valence electrons. The van der Waals surface area contributed by atoms with Crippen LogP contribution < -0.4 is 5.73 Å². The monoisotopic (exact) mass is 415 g/mol. The quantitative estimate of drug-likeness (QED) is 0.806. The normalized spacial score (nSPS) is 35.1. The second-order valence-corrected chi connectivity index (χ2v) is 10.3. The van der Waals surface area contributed by atoms with Crippen molar-refractivity contribution in [3.05, 3.63) is 35.4 Å². The predicted molar refractivity (Wildman–Crippen MR) is 101 cm³/mol. The van der Waals surface area contributed by atoms with Gasteiger partial charge in [-0.2, -0.15) is 0 Å². The van der Waals surface area contributed by atoms with E-state index in [0.717, 1.165) is 37.7 Å². The van der Waals surface area contributed by atoms with E-state index in [1.165, 1.54) is 6.26 Å². The van der Waals surface area contributed by atoms with Gasteiger partial charge in [-0.05, 0) is 49.4 Å². The molecule has 6 nitrogen and oxygen atoms in total. The topological polar surface area (TPSA) is 75.9 Å². The van der Waals surface area contributed by atoms with Crippen molar-refractivity contribution < 1.29 is 21.9 Å². The summed E-state index contributed by atoms with van der Waals surface area (Å²) in [6.45, 7) is 3.27. The number of hydrogen-bond acceptors (Lipinski definition) is 5. The molecule has 2 N–H and O–H groups in total. The fourth-order valence-corrected chi connectivity index (χ4v) is 5.83. The first-order chi connectivity index (χ1) is 13.2. The lowest BCUT2D eigenvalue weighted by Gasteiger charge is -2.44. The van der Waals surface area contributed by atoms with Crippen molar-refractivity contribution in [3.8, 4) is 0 Å². The summed E-state index contributed by atoms with van der Waals surface area (Å²) in [5, 5.41) is 0. The molecule has 28 heavy (non-hydrogen) atoms. The minimum absolute atomic E-state index is 0.108. The highest BCUT2D eigenvalue weighted by molar-refractivity contribution is 7.88. The smallest absolute Gasteiger partial charge is 0.211 e. The minimum atomic E-state index is -3.15. The van der Waals surface area contributed by atoms with Gasteiger partial charge in [0.25, 0.3) is 0 Å². The Morgan fingerprint density at radius 3 is 2.64 bits per heavy atom. The van der Waals surface area contributed by atoms with E-state index in [4.69, 9.17) is 10.5 Å². The third kappa shape index (κ3) is 3.95. The second kappa shape index (κ2) is 7.60. The van der Waals surface area contributed by atoms with Crippen LogP contribution in [0.1, 0.15) is 24.5 Å². The van der Waals surface area contributed by atoms with Crippen molar-refractivity contribution in [1.29, 1.82) is 0 Å². The summed E-state index contributed by atoms with van der Waals surface area (Å²) in [4.78, 5) is 2.32. The molecule has 1 aromatic carbocycles. The maximum Gasteiger partial charge on any atom is 0.211 e. The minimum Gasteiger partial charge on any atom is -0.370 e. The van der Waals surface area contributed by atoms with Crippen LogP contribution in [0.5, 0.6) is 0 Å². The molecule has 0 aliphatic carbocycles. The molecule has 9 heteroatoms. The van der Waals surface area contributed by atoms with Gasteiger partial charge in [-0.3, -0.25) is 4.90 Å². The summed E-state index contributed by atoms with van der Waals surface area (Å²) in [7, 11) is -3.15. The van der Waals surface area contributed by atoms with E-state index >= 15 is 0 Å². The maximum atomic E-state index is 14.1. The van der Waals surface area contributed by atoms with Gasteiger partial charge in [0.1, 0.15) is 17.7 Å². The van der Waals surface area contributed by atoms with Crippen molar-refractivity contribution in [3.63, 3.8) is 0 Å². The number of ether oxygens (including phenoxy) is 1. The molecule has 5 atom stereocenters. The first-order valence-corrected chi connectivity index (χ1v) is 11.6. The van der Waals surface area contributed by atoms with Gasteiger partial charge in [-0.25, -0.2) is 21.5 Å². The van der Waals surface area contributed by atoms with Crippen LogP contribution in [0, 0.1) is 23.5 Å². The largest absolute Gasteiger partial charge is 0.370 e. The van der Waals surface area contributed by atoms with Gasteiger partial charge in [0.05, 0.1) is 12.9 Å². The van der Waals surface area contributed by atoms with Crippen LogP contribution in [0.25, 0.3) is 0 Å². The molecule has 1 aromatic rings. The standard InChI is InChI=1S/C19H27F2N3O3S/c1-28(25,26)24-9-12-4-5-23(8-13(12)10-24)15-7-18(22)19(27-11-15)16-6-14(20)2-3-17(16)21/h2-3,6,12-13,15,18-19H,4-5,7-11,22H2,1H3. The van der Waals surface area contributed by atoms with Crippen LogP contribution in [0.4, 0.5) is 8.78 Å². The molecule has 3 aliphatic rings. The van der Waals surface area contributed by atoms with Crippen LogP contribution in [-0.4, -0.2) is 68.7 Å². The van der Waals surface area contributed by atoms with Gasteiger partial charge in [-0.1, -0.05) is 0 Å². The van der Waals surface area contributed by atoms with E-state index in [9.17, 15) is 17.2 Å². The number of halogens is 2. The van der Waals surface area contributed by atoms with E-state index in [-0.39, 0.29) is 11.6 Å². The summed E-state index contributed by atoms with van der Waals surface area (Å²) in [5.41, 5.74) is 6.46. The van der Waals surface area contributed by atoms with Gasteiger partial charge < -0.3 is 10.5 Å². The van der Waals surface area contributed by atoms with Crippen LogP contribution in [0.15, 0.2) is 18.2 Å². The SMILES string of the molecule is CS(=O)(=O)N1CC2CCN(C3COC(c4cc(F)ccc4F)C(N)C3)CC2C1. The highest BCUT2D eigenvalue weighted by atomic mass is 32.2. The van der Waals surface area contributed by atoms with E-state index in [2.05, 4.69) is 4.90 Å². The number of hydrogen-bond donors (Lipinski definition) is 1. The summed E-state index contributed by atoms with van der Waals surface area (Å²) in [6.07, 6.45) is 2.19. The molecule has 3 saturated heterocycles. The Balaban J connectivity index is 1.39. The van der Waals surface area contributed by atoms with E-state index in [1.54, 1.807) is 4.31 Å². The number of rotatable bonds is 3. The Kier molecular flexibility index (Phi) is 5.47. The molecule has 3 heterocycles. The predicted octanol–water partition coefficient (Wildman–Crippen LogP) is 1.34. The molecule has 0 saturated carbocycles. The Morgan fingerprint density at radius 2 is 1.93 bits per heavy atom. The highest BCUT2D eigenvalue weighted by Crippen LogP contribution is 2.36. The van der Waals surface area contributed by atoms with Gasteiger partial charge in [0, 0.05) is 37.3 Å². The lowest BCUT2D eigenvalue weighted by Crippen LogP contribution is -2.53. The van der Waals surface area contributed by atoms with Gasteiger partial charge >= 0.3 is 0 Å². The summed E-state index contributed by atoms with van der Waals surface area (Å²) >= 11 is 0. The lowest BCUT2D eigenvalue weighted by molar-refractivity contribution is -0.0616. The Morgan fingerprint density at radius 1 is 1.18 bits per heavy atom. The van der Waals surface area contributed by atoms with Crippen LogP contribution in [0.2, 0.25) is 0 Å². The molecule has 5 unspecified atom stereocenters. The van der Waals surface area contributed by atoms with Crippen molar-refractivity contribution in [2.24, 2.45) is 17.6 Å². The average molecular weight is 416 g/mol. The van der Waals surface area contributed by atoms with Crippen molar-refractivity contribution in [2.75, 3.05) is 39.0 Å². The molecular formula is C19H27F2N3O3S. The van der Waals surface area contributed by atoms with Crippen LogP contribution >= 0.6 is 0 Å². The molecule has 0 amide bonds. The molecule has 4 rings (SSSR count). The number of benzene rings is 1. The summed E-state index contributed by atoms with van der Waals surface area (Å²) < 4.78 is 58.8. The molecular weight excluding hydrogens is 388 g/mol. The van der Waals surface area contributed by atoms with Crippen LogP contribution in [-0.2, 0) is 14.8 Å². The molecule has 0 bridgehead atoms. The number of nitrogens with zero attached hydrogens (tertiary/aromatic N) is 2. The third-order valence-electron chi connectivity index (χ3n) is 6.45. The Labute approximate surface area is 164 Å². The van der Waals surface area contributed by atoms with Crippen molar-refractivity contribution >= 4 is 10.0 Å². The van der Waals surface area contributed by atoms with Gasteiger partial charge in [0.2, 0.25) is 10.0 Å². The Hall–Kier alpha value is -1.13. The third-order valence-corrected chi connectivity index (χ3v) is 7.69. The zero-order valence-electron chi connectivity index (χ0n) is 15.9. The van der Waals surface area contributed by atoms with E-state index in [0.29, 0.717) is 38.0 Å². The average Bonchev–Trinajstić information content (AvgIpc) is 3.07. The van der Waals surface area contributed by atoms with Gasteiger partial charge in [0.15, 0.2) is 0 Å². The highest BCUT2D eigenvalue weighted by Gasteiger charge is 2.43. The number of nitrogens with two attached hydrogens (primary N) is 1. The molecule has 3 aliphatic heterocycles. The van der Waals surface area contributed by atoms with Crippen LogP contribution in [0.3, 0.4) is 0 Å². The second-order valence-electron chi connectivity index (χ2n) is 8.36. The number of likely N-dealkylation sites (tertiary alicyclic amines) is 1. The summed E-state index contributed by atoms with van der Waals surface area (Å²) in [6, 6.07) is 3.02.